The molecule has 1 N–H and O–H groups in total. The highest BCUT2D eigenvalue weighted by molar-refractivity contribution is 6.04. The normalized spacial score (nSPS) is 15.4. The van der Waals surface area contributed by atoms with Crippen LogP contribution in [0.2, 0.25) is 0 Å². The molecule has 1 aromatic rings. The van der Waals surface area contributed by atoms with Crippen LogP contribution in [0, 0.1) is 18.8 Å². The molecule has 8 heteroatoms. The van der Waals surface area contributed by atoms with Crippen LogP contribution in [0.3, 0.4) is 0 Å². The van der Waals surface area contributed by atoms with Crippen LogP contribution in [-0.4, -0.2) is 35.9 Å². The average molecular weight is 362 g/mol. The molecule has 3 rings (SSSR count). The van der Waals surface area contributed by atoms with Gasteiger partial charge < -0.3 is 9.84 Å². The molecule has 0 spiro atoms. The van der Waals surface area contributed by atoms with E-state index in [4.69, 9.17) is 4.52 Å². The van der Waals surface area contributed by atoms with Crippen molar-refractivity contribution in [1.82, 2.24) is 10.5 Å². The quantitative estimate of drug-likeness (QED) is 0.885. The summed E-state index contributed by atoms with van der Waals surface area (Å²) in [6, 6.07) is 1.96. The van der Waals surface area contributed by atoms with Crippen molar-refractivity contribution in [1.29, 1.82) is 0 Å². The molecule has 0 atom stereocenters. The summed E-state index contributed by atoms with van der Waals surface area (Å²) in [4.78, 5) is 18.5. The van der Waals surface area contributed by atoms with Crippen molar-refractivity contribution >= 4 is 17.6 Å². The van der Waals surface area contributed by atoms with E-state index in [1.165, 1.54) is 0 Å². The molecule has 2 aliphatic heterocycles. The van der Waals surface area contributed by atoms with Gasteiger partial charge in [0.1, 0.15) is 24.0 Å². The molecule has 0 aromatic carbocycles. The standard InChI is InChI=1S/C7H11NO.C6H10N2O.C5H9N3/c1-5(2)7-4-6(3)8-9-7;1-4(2)6-7-3-5(9)8-6;1-4(2)5-6-3-7-8-5/h4-5H,1-3H3;4H,3H2,1-2H3,(H,7,8,9);4H,3H2,1-2H3. The summed E-state index contributed by atoms with van der Waals surface area (Å²) in [5, 5.41) is 13.9. The fourth-order valence-corrected chi connectivity index (χ4v) is 1.90. The fraction of sp³-hybridized carbons (Fsp3) is 0.667. The Bertz CT molecular complexity index is 671. The number of amidine groups is 2. The second-order valence-electron chi connectivity index (χ2n) is 6.98. The van der Waals surface area contributed by atoms with Crippen molar-refractivity contribution in [2.45, 2.75) is 54.4 Å². The van der Waals surface area contributed by atoms with Crippen LogP contribution < -0.4 is 5.32 Å². The molecule has 26 heavy (non-hydrogen) atoms. The molecular weight excluding hydrogens is 332 g/mol. The Morgan fingerprint density at radius 2 is 1.73 bits per heavy atom. The van der Waals surface area contributed by atoms with E-state index in [2.05, 4.69) is 58.4 Å². The van der Waals surface area contributed by atoms with Gasteiger partial charge in [-0.25, -0.2) is 4.99 Å². The fourth-order valence-electron chi connectivity index (χ4n) is 1.90. The summed E-state index contributed by atoms with van der Waals surface area (Å²) in [6.07, 6.45) is 0. The minimum Gasteiger partial charge on any atom is -0.361 e. The smallest absolute Gasteiger partial charge is 0.247 e. The van der Waals surface area contributed by atoms with Gasteiger partial charge in [-0.15, -0.1) is 5.11 Å². The van der Waals surface area contributed by atoms with Crippen molar-refractivity contribution in [3.05, 3.63) is 17.5 Å². The molecule has 0 fully saturated rings. The summed E-state index contributed by atoms with van der Waals surface area (Å²) in [5.74, 6) is 3.90. The van der Waals surface area contributed by atoms with Gasteiger partial charge in [0.25, 0.3) is 0 Å². The highest BCUT2D eigenvalue weighted by atomic mass is 16.5. The van der Waals surface area contributed by atoms with Crippen LogP contribution >= 0.6 is 0 Å². The number of aromatic nitrogens is 1. The van der Waals surface area contributed by atoms with Gasteiger partial charge >= 0.3 is 0 Å². The van der Waals surface area contributed by atoms with Gasteiger partial charge in [0.2, 0.25) is 5.91 Å². The SMILES string of the molecule is CC(C)C1=NCC(=O)N1.CC(C)C1=NCN=N1.Cc1cc(C(C)C)on1. The third-order valence-electron chi connectivity index (χ3n) is 3.41. The minimum absolute atomic E-state index is 0.0127. The largest absolute Gasteiger partial charge is 0.361 e. The number of hydrogen-bond donors (Lipinski definition) is 1. The predicted octanol–water partition coefficient (Wildman–Crippen LogP) is 3.74. The van der Waals surface area contributed by atoms with E-state index < -0.39 is 0 Å². The number of amides is 1. The summed E-state index contributed by atoms with van der Waals surface area (Å²) >= 11 is 0. The second kappa shape index (κ2) is 10.6. The maximum atomic E-state index is 10.5. The van der Waals surface area contributed by atoms with Crippen LogP contribution in [-0.2, 0) is 4.79 Å². The highest BCUT2D eigenvalue weighted by Crippen LogP contribution is 2.13. The molecule has 3 heterocycles. The van der Waals surface area contributed by atoms with Gasteiger partial charge in [-0.05, 0) is 6.92 Å². The number of hydrogen-bond acceptors (Lipinski definition) is 7. The maximum absolute atomic E-state index is 10.5. The lowest BCUT2D eigenvalue weighted by molar-refractivity contribution is -0.117. The summed E-state index contributed by atoms with van der Waals surface area (Å²) in [5.41, 5.74) is 0.957. The molecule has 8 nitrogen and oxygen atoms in total. The van der Waals surface area contributed by atoms with Gasteiger partial charge in [-0.2, -0.15) is 5.11 Å². The number of nitrogens with one attached hydrogen (secondary N) is 1. The zero-order valence-corrected chi connectivity index (χ0v) is 16.8. The first-order chi connectivity index (χ1) is 12.2. The lowest BCUT2D eigenvalue weighted by atomic mass is 10.1. The zero-order valence-electron chi connectivity index (χ0n) is 16.8. The van der Waals surface area contributed by atoms with E-state index in [1.807, 2.05) is 26.8 Å². The molecule has 1 aromatic heterocycles. The van der Waals surface area contributed by atoms with Gasteiger partial charge in [-0.3, -0.25) is 9.79 Å². The Morgan fingerprint density at radius 1 is 1.04 bits per heavy atom. The summed E-state index contributed by atoms with van der Waals surface area (Å²) < 4.78 is 4.98. The lowest BCUT2D eigenvalue weighted by Crippen LogP contribution is -2.27. The van der Waals surface area contributed by atoms with Crippen molar-refractivity contribution < 1.29 is 9.32 Å². The van der Waals surface area contributed by atoms with Crippen LogP contribution in [0.25, 0.3) is 0 Å². The van der Waals surface area contributed by atoms with Gasteiger partial charge in [-0.1, -0.05) is 46.7 Å². The number of rotatable bonds is 3. The van der Waals surface area contributed by atoms with Crippen molar-refractivity contribution in [3.8, 4) is 0 Å². The topological polar surface area (TPSA) is 105 Å². The third kappa shape index (κ3) is 7.67. The monoisotopic (exact) mass is 362 g/mol. The molecule has 0 bridgehead atoms. The third-order valence-corrected chi connectivity index (χ3v) is 3.41. The summed E-state index contributed by atoms with van der Waals surface area (Å²) in [7, 11) is 0. The van der Waals surface area contributed by atoms with Crippen LogP contribution in [0.15, 0.2) is 30.8 Å². The average Bonchev–Trinajstić information content (AvgIpc) is 3.28. The highest BCUT2D eigenvalue weighted by Gasteiger charge is 2.14. The van der Waals surface area contributed by atoms with Gasteiger partial charge in [0.05, 0.1) is 5.69 Å². The Hall–Kier alpha value is -2.38. The minimum atomic E-state index is 0.0127. The van der Waals surface area contributed by atoms with Crippen molar-refractivity contribution in [2.75, 3.05) is 13.2 Å². The van der Waals surface area contributed by atoms with Crippen LogP contribution in [0.4, 0.5) is 0 Å². The van der Waals surface area contributed by atoms with Crippen molar-refractivity contribution in [3.63, 3.8) is 0 Å². The van der Waals surface area contributed by atoms with E-state index in [-0.39, 0.29) is 5.91 Å². The van der Waals surface area contributed by atoms with E-state index >= 15 is 0 Å². The van der Waals surface area contributed by atoms with Gasteiger partial charge in [0.15, 0.2) is 6.67 Å². The number of aliphatic imine (C=N–C) groups is 2. The van der Waals surface area contributed by atoms with E-state index in [0.29, 0.717) is 31.0 Å². The molecule has 0 unspecified atom stereocenters. The molecule has 0 saturated carbocycles. The van der Waals surface area contributed by atoms with E-state index in [0.717, 1.165) is 23.1 Å². The Kier molecular flexibility index (Phi) is 8.81. The zero-order chi connectivity index (χ0) is 19.7. The number of azo groups is 1. The molecular formula is C18H30N6O2. The molecule has 1 amide bonds. The van der Waals surface area contributed by atoms with Crippen LogP contribution in [0.1, 0.15) is 58.9 Å². The number of aryl methyl sites for hydroxylation is 1. The number of carbonyl (C=O) groups is 1. The number of carbonyl (C=O) groups excluding carboxylic acids is 1. The molecule has 0 saturated heterocycles. The Labute approximate surface area is 155 Å². The van der Waals surface area contributed by atoms with Gasteiger partial charge in [0, 0.05) is 23.8 Å². The Balaban J connectivity index is 0.000000195. The second-order valence-corrected chi connectivity index (χ2v) is 6.98. The Morgan fingerprint density at radius 3 is 1.96 bits per heavy atom. The first kappa shape index (κ1) is 21.7. The molecule has 144 valence electrons. The summed E-state index contributed by atoms with van der Waals surface area (Å²) in [6.45, 7) is 15.1. The first-order valence-electron chi connectivity index (χ1n) is 8.89. The van der Waals surface area contributed by atoms with Crippen molar-refractivity contribution in [2.24, 2.45) is 32.0 Å². The van der Waals surface area contributed by atoms with Crippen LogP contribution in [0.5, 0.6) is 0 Å². The molecule has 0 radical (unpaired) electrons. The molecule has 2 aliphatic rings. The maximum Gasteiger partial charge on any atom is 0.247 e. The number of nitrogens with zero attached hydrogens (tertiary/aromatic N) is 5. The first-order valence-corrected chi connectivity index (χ1v) is 8.89. The molecule has 0 aliphatic carbocycles. The lowest BCUT2D eigenvalue weighted by Gasteiger charge is -2.01. The van der Waals surface area contributed by atoms with E-state index in [1.54, 1.807) is 0 Å². The van der Waals surface area contributed by atoms with E-state index in [9.17, 15) is 4.79 Å². The predicted molar refractivity (Wildman–Crippen MR) is 103 cm³/mol.